The van der Waals surface area contributed by atoms with Gasteiger partial charge in [0.2, 0.25) is 0 Å². The third-order valence-electron chi connectivity index (χ3n) is 3.73. The Morgan fingerprint density at radius 2 is 1.86 bits per heavy atom. The first-order valence-electron chi connectivity index (χ1n) is 6.63. The number of benzene rings is 1. The molecule has 0 spiro atoms. The molecule has 6 heteroatoms. The summed E-state index contributed by atoms with van der Waals surface area (Å²) in [6, 6.07) is 2.10. The third-order valence-corrected chi connectivity index (χ3v) is 5.03. The number of hydrogen-bond donors (Lipinski definition) is 1. The molecule has 0 amide bonds. The van der Waals surface area contributed by atoms with Gasteiger partial charge in [-0.3, -0.25) is 0 Å². The molecular formula is C15H11F2N3S. The van der Waals surface area contributed by atoms with Crippen molar-refractivity contribution in [1.82, 2.24) is 0 Å². The van der Waals surface area contributed by atoms with E-state index in [9.17, 15) is 8.78 Å². The van der Waals surface area contributed by atoms with Gasteiger partial charge in [0.25, 0.3) is 0 Å². The Labute approximate surface area is 124 Å². The van der Waals surface area contributed by atoms with Crippen LogP contribution in [0, 0.1) is 11.6 Å². The number of rotatable bonds is 0. The number of thioether (sulfide) groups is 1. The molecule has 0 bridgehead atoms. The van der Waals surface area contributed by atoms with Gasteiger partial charge < -0.3 is 5.73 Å². The summed E-state index contributed by atoms with van der Waals surface area (Å²) in [6.45, 7) is 0. The highest BCUT2D eigenvalue weighted by Gasteiger charge is 2.34. The van der Waals surface area contributed by atoms with Crippen LogP contribution in [0.3, 0.4) is 0 Å². The van der Waals surface area contributed by atoms with Gasteiger partial charge in [-0.1, -0.05) is 23.9 Å². The summed E-state index contributed by atoms with van der Waals surface area (Å²) >= 11 is 1.62. The van der Waals surface area contributed by atoms with Crippen LogP contribution in [-0.2, 0) is 0 Å². The van der Waals surface area contributed by atoms with E-state index in [1.807, 2.05) is 0 Å². The number of aliphatic imine (C=N–C) groups is 2. The fourth-order valence-electron chi connectivity index (χ4n) is 2.74. The first kappa shape index (κ1) is 12.8. The minimum atomic E-state index is -0.946. The SMILES string of the molecule is NC1=Nc2cc(F)c(F)cc2N=C2SC3CCC=CC3=C12. The third kappa shape index (κ3) is 1.93. The Kier molecular flexibility index (Phi) is 2.75. The molecule has 2 aliphatic heterocycles. The molecule has 0 saturated heterocycles. The first-order chi connectivity index (χ1) is 10.1. The number of allylic oxidation sites excluding steroid dienone is 2. The smallest absolute Gasteiger partial charge is 0.161 e. The van der Waals surface area contributed by atoms with Crippen molar-refractivity contribution in [1.29, 1.82) is 0 Å². The molecule has 0 fully saturated rings. The Hall–Kier alpha value is -1.95. The molecule has 1 aromatic carbocycles. The van der Waals surface area contributed by atoms with Gasteiger partial charge in [-0.25, -0.2) is 18.8 Å². The predicted molar refractivity (Wildman–Crippen MR) is 81.5 cm³/mol. The number of fused-ring (bicyclic) bond motifs is 3. The molecule has 1 aromatic rings. The molecule has 21 heavy (non-hydrogen) atoms. The highest BCUT2D eigenvalue weighted by Crippen LogP contribution is 2.44. The van der Waals surface area contributed by atoms with Crippen LogP contribution < -0.4 is 5.73 Å². The summed E-state index contributed by atoms with van der Waals surface area (Å²) in [6.07, 6.45) is 6.21. The second-order valence-corrected chi connectivity index (χ2v) is 6.28. The summed E-state index contributed by atoms with van der Waals surface area (Å²) in [5.74, 6) is -1.56. The molecule has 1 aliphatic carbocycles. The van der Waals surface area contributed by atoms with E-state index < -0.39 is 11.6 Å². The van der Waals surface area contributed by atoms with Gasteiger partial charge in [-0.2, -0.15) is 0 Å². The van der Waals surface area contributed by atoms with Crippen molar-refractivity contribution < 1.29 is 8.78 Å². The van der Waals surface area contributed by atoms with Gasteiger partial charge in [0, 0.05) is 17.4 Å². The van der Waals surface area contributed by atoms with E-state index >= 15 is 0 Å². The van der Waals surface area contributed by atoms with Gasteiger partial charge in [-0.05, 0) is 18.4 Å². The quantitative estimate of drug-likeness (QED) is 0.793. The zero-order chi connectivity index (χ0) is 14.6. The molecule has 1 unspecified atom stereocenters. The van der Waals surface area contributed by atoms with Crippen LogP contribution in [0.4, 0.5) is 20.2 Å². The Morgan fingerprint density at radius 1 is 1.14 bits per heavy atom. The normalized spacial score (nSPS) is 23.0. The average Bonchev–Trinajstić information content (AvgIpc) is 2.76. The average molecular weight is 303 g/mol. The molecule has 106 valence electrons. The van der Waals surface area contributed by atoms with E-state index in [2.05, 4.69) is 22.1 Å². The Balaban J connectivity index is 1.95. The Morgan fingerprint density at radius 3 is 2.62 bits per heavy atom. The van der Waals surface area contributed by atoms with Gasteiger partial charge in [-0.15, -0.1) is 0 Å². The van der Waals surface area contributed by atoms with Gasteiger partial charge in [0.05, 0.1) is 16.9 Å². The van der Waals surface area contributed by atoms with Crippen molar-refractivity contribution in [3.8, 4) is 0 Å². The van der Waals surface area contributed by atoms with Crippen molar-refractivity contribution >= 4 is 34.0 Å². The zero-order valence-electron chi connectivity index (χ0n) is 10.9. The first-order valence-corrected chi connectivity index (χ1v) is 7.51. The lowest BCUT2D eigenvalue weighted by Gasteiger charge is -2.14. The molecule has 1 atom stereocenters. The number of halogens is 2. The number of nitrogens with two attached hydrogens (primary N) is 1. The van der Waals surface area contributed by atoms with Crippen molar-refractivity contribution in [3.05, 3.63) is 47.1 Å². The van der Waals surface area contributed by atoms with Crippen molar-refractivity contribution in [2.24, 2.45) is 15.7 Å². The standard InChI is InChI=1S/C15H11F2N3S/c16-8-5-10-11(6-9(8)17)20-15-13(14(18)19-10)7-3-1-2-4-12(7)21-15/h1,3,5-6,12H,2,4H2,(H2,18,19). The lowest BCUT2D eigenvalue weighted by atomic mass is 9.97. The molecule has 3 nitrogen and oxygen atoms in total. The zero-order valence-corrected chi connectivity index (χ0v) is 11.8. The highest BCUT2D eigenvalue weighted by atomic mass is 32.2. The van der Waals surface area contributed by atoms with Crippen LogP contribution >= 0.6 is 11.8 Å². The minimum Gasteiger partial charge on any atom is -0.383 e. The van der Waals surface area contributed by atoms with Crippen LogP contribution in [0.1, 0.15) is 12.8 Å². The van der Waals surface area contributed by atoms with Crippen LogP contribution in [0.5, 0.6) is 0 Å². The van der Waals surface area contributed by atoms with Crippen molar-refractivity contribution in [2.75, 3.05) is 0 Å². The highest BCUT2D eigenvalue weighted by molar-refractivity contribution is 8.15. The largest absolute Gasteiger partial charge is 0.383 e. The summed E-state index contributed by atoms with van der Waals surface area (Å²) in [7, 11) is 0. The second kappa shape index (κ2) is 4.53. The summed E-state index contributed by atoms with van der Waals surface area (Å²) in [5.41, 5.74) is 8.57. The molecule has 3 aliphatic rings. The van der Waals surface area contributed by atoms with Crippen LogP contribution in [0.15, 0.2) is 45.4 Å². The topological polar surface area (TPSA) is 50.7 Å². The van der Waals surface area contributed by atoms with Crippen LogP contribution in [0.2, 0.25) is 0 Å². The number of amidine groups is 1. The van der Waals surface area contributed by atoms with Crippen molar-refractivity contribution in [3.63, 3.8) is 0 Å². The fraction of sp³-hybridized carbons (Fsp3) is 0.200. The van der Waals surface area contributed by atoms with Crippen LogP contribution in [-0.4, -0.2) is 16.1 Å². The molecule has 0 radical (unpaired) electrons. The maximum atomic E-state index is 13.4. The molecule has 2 N–H and O–H groups in total. The van der Waals surface area contributed by atoms with Crippen LogP contribution in [0.25, 0.3) is 0 Å². The lowest BCUT2D eigenvalue weighted by molar-refractivity contribution is 0.509. The Bertz CT molecular complexity index is 777. The van der Waals surface area contributed by atoms with E-state index in [1.54, 1.807) is 11.8 Å². The lowest BCUT2D eigenvalue weighted by Crippen LogP contribution is -2.18. The molecule has 4 rings (SSSR count). The summed E-state index contributed by atoms with van der Waals surface area (Å²) < 4.78 is 26.8. The van der Waals surface area contributed by atoms with E-state index in [0.29, 0.717) is 16.8 Å². The maximum absolute atomic E-state index is 13.4. The monoisotopic (exact) mass is 303 g/mol. The van der Waals surface area contributed by atoms with E-state index in [4.69, 9.17) is 5.73 Å². The molecule has 2 heterocycles. The number of nitrogens with zero attached hydrogens (tertiary/aromatic N) is 2. The van der Waals surface area contributed by atoms with Gasteiger partial charge in [0.1, 0.15) is 10.9 Å². The van der Waals surface area contributed by atoms with Crippen molar-refractivity contribution in [2.45, 2.75) is 18.1 Å². The summed E-state index contributed by atoms with van der Waals surface area (Å²) in [5, 5.41) is 1.07. The molecular weight excluding hydrogens is 292 g/mol. The maximum Gasteiger partial charge on any atom is 0.161 e. The van der Waals surface area contributed by atoms with E-state index in [1.165, 1.54) is 0 Å². The summed E-state index contributed by atoms with van der Waals surface area (Å²) in [4.78, 5) is 8.71. The van der Waals surface area contributed by atoms with E-state index in [-0.39, 0.29) is 5.69 Å². The van der Waals surface area contributed by atoms with Gasteiger partial charge >= 0.3 is 0 Å². The molecule has 0 aromatic heterocycles. The molecule has 0 saturated carbocycles. The number of hydrogen-bond acceptors (Lipinski definition) is 4. The minimum absolute atomic E-state index is 0.262. The second-order valence-electron chi connectivity index (χ2n) is 5.09. The predicted octanol–water partition coefficient (Wildman–Crippen LogP) is 3.76. The van der Waals surface area contributed by atoms with E-state index in [0.717, 1.165) is 41.2 Å². The van der Waals surface area contributed by atoms with Gasteiger partial charge in [0.15, 0.2) is 11.6 Å². The fourth-order valence-corrected chi connectivity index (χ4v) is 4.08.